The summed E-state index contributed by atoms with van der Waals surface area (Å²) in [6.45, 7) is 3.18. The van der Waals surface area contributed by atoms with Gasteiger partial charge in [-0.05, 0) is 28.8 Å². The van der Waals surface area contributed by atoms with E-state index in [4.69, 9.17) is 0 Å². The van der Waals surface area contributed by atoms with Crippen molar-refractivity contribution in [3.63, 3.8) is 0 Å². The second-order valence-corrected chi connectivity index (χ2v) is 6.54. The van der Waals surface area contributed by atoms with Crippen LogP contribution in [0.4, 0.5) is 0 Å². The molecule has 0 unspecified atom stereocenters. The minimum atomic E-state index is -2.83. The maximum atomic E-state index is 11.4. The number of rotatable bonds is 7. The van der Waals surface area contributed by atoms with E-state index in [0.29, 0.717) is 18.7 Å². The predicted octanol–water partition coefficient (Wildman–Crippen LogP) is 1.66. The van der Waals surface area contributed by atoms with E-state index < -0.39 is 9.84 Å². The third-order valence-corrected chi connectivity index (χ3v) is 4.60. The lowest BCUT2D eigenvalue weighted by Gasteiger charge is -2.04. The van der Waals surface area contributed by atoms with Gasteiger partial charge in [-0.25, -0.2) is 8.42 Å². The summed E-state index contributed by atoms with van der Waals surface area (Å²) in [4.78, 5) is 0. The molecule has 1 aromatic rings. The van der Waals surface area contributed by atoms with Gasteiger partial charge in [0.15, 0.2) is 9.84 Å². The molecule has 0 aliphatic heterocycles. The Hall–Kier alpha value is -0.390. The zero-order valence-corrected chi connectivity index (χ0v) is 10.5. The lowest BCUT2D eigenvalue weighted by atomic mass is 10.3. The van der Waals surface area contributed by atoms with Crippen LogP contribution in [0.25, 0.3) is 0 Å². The highest BCUT2D eigenvalue weighted by Gasteiger charge is 2.07. The molecule has 86 valence electrons. The van der Waals surface area contributed by atoms with Gasteiger partial charge in [0.2, 0.25) is 0 Å². The molecule has 1 N–H and O–H groups in total. The van der Waals surface area contributed by atoms with E-state index in [2.05, 4.69) is 10.7 Å². The number of hydrogen-bond donors (Lipinski definition) is 1. The molecule has 0 saturated carbocycles. The highest BCUT2D eigenvalue weighted by molar-refractivity contribution is 7.91. The molecule has 0 fully saturated rings. The molecule has 0 radical (unpaired) electrons. The summed E-state index contributed by atoms with van der Waals surface area (Å²) >= 11 is 1.65. The quantitative estimate of drug-likeness (QED) is 0.745. The highest BCUT2D eigenvalue weighted by atomic mass is 32.2. The summed E-state index contributed by atoms with van der Waals surface area (Å²) in [5.41, 5.74) is 1.22. The second kappa shape index (κ2) is 6.25. The molecule has 1 heterocycles. The lowest BCUT2D eigenvalue weighted by Crippen LogP contribution is -2.23. The molecule has 0 amide bonds. The fourth-order valence-electron chi connectivity index (χ4n) is 1.27. The zero-order valence-electron chi connectivity index (χ0n) is 8.90. The van der Waals surface area contributed by atoms with Crippen LogP contribution in [-0.4, -0.2) is 26.5 Å². The average molecular weight is 247 g/mol. The van der Waals surface area contributed by atoms with Crippen LogP contribution in [0.3, 0.4) is 0 Å². The van der Waals surface area contributed by atoms with Crippen molar-refractivity contribution >= 4 is 21.2 Å². The van der Waals surface area contributed by atoms with E-state index in [9.17, 15) is 8.42 Å². The first-order valence-corrected chi connectivity index (χ1v) is 7.82. The normalized spacial score (nSPS) is 11.8. The molecule has 5 heteroatoms. The first kappa shape index (κ1) is 12.7. The van der Waals surface area contributed by atoms with Gasteiger partial charge < -0.3 is 5.32 Å². The monoisotopic (exact) mass is 247 g/mol. The second-order valence-electron chi connectivity index (χ2n) is 3.46. The number of hydrogen-bond acceptors (Lipinski definition) is 4. The molecule has 1 aromatic heterocycles. The Morgan fingerprint density at radius 2 is 2.20 bits per heavy atom. The molecule has 0 aliphatic rings. The van der Waals surface area contributed by atoms with Crippen LogP contribution >= 0.6 is 11.3 Å². The standard InChI is InChI=1S/C10H17NO2S2/c1-2-6-15(12,13)7-4-11-8-10-3-5-14-9-10/h3,5,9,11H,2,4,6-8H2,1H3. The third-order valence-electron chi connectivity index (χ3n) is 2.01. The van der Waals surface area contributed by atoms with Gasteiger partial charge >= 0.3 is 0 Å². The number of sulfone groups is 1. The number of nitrogens with one attached hydrogen (secondary N) is 1. The Kier molecular flexibility index (Phi) is 5.28. The van der Waals surface area contributed by atoms with Crippen molar-refractivity contribution in [1.82, 2.24) is 5.32 Å². The fourth-order valence-corrected chi connectivity index (χ4v) is 3.22. The molecule has 0 atom stereocenters. The molecule has 0 spiro atoms. The van der Waals surface area contributed by atoms with Gasteiger partial charge in [0.25, 0.3) is 0 Å². The molecule has 3 nitrogen and oxygen atoms in total. The topological polar surface area (TPSA) is 46.2 Å². The summed E-state index contributed by atoms with van der Waals surface area (Å²) in [7, 11) is -2.83. The maximum Gasteiger partial charge on any atom is 0.151 e. The maximum absolute atomic E-state index is 11.4. The lowest BCUT2D eigenvalue weighted by molar-refractivity contribution is 0.589. The Morgan fingerprint density at radius 3 is 2.80 bits per heavy atom. The van der Waals surface area contributed by atoms with Crippen molar-refractivity contribution in [2.45, 2.75) is 19.9 Å². The minimum absolute atomic E-state index is 0.241. The van der Waals surface area contributed by atoms with Crippen LogP contribution in [0, 0.1) is 0 Å². The van der Waals surface area contributed by atoms with Gasteiger partial charge in [-0.1, -0.05) is 6.92 Å². The highest BCUT2D eigenvalue weighted by Crippen LogP contribution is 2.04. The SMILES string of the molecule is CCCS(=O)(=O)CCNCc1ccsc1. The van der Waals surface area contributed by atoms with Crippen molar-refractivity contribution < 1.29 is 8.42 Å². The largest absolute Gasteiger partial charge is 0.312 e. The van der Waals surface area contributed by atoms with Crippen molar-refractivity contribution in [1.29, 1.82) is 0 Å². The molecule has 1 rings (SSSR count). The van der Waals surface area contributed by atoms with Crippen LogP contribution < -0.4 is 5.32 Å². The van der Waals surface area contributed by atoms with Crippen LogP contribution in [0.5, 0.6) is 0 Å². The van der Waals surface area contributed by atoms with Gasteiger partial charge in [-0.15, -0.1) is 0 Å². The van der Waals surface area contributed by atoms with E-state index >= 15 is 0 Å². The van der Waals surface area contributed by atoms with Gasteiger partial charge in [-0.2, -0.15) is 11.3 Å². The van der Waals surface area contributed by atoms with Crippen molar-refractivity contribution in [3.8, 4) is 0 Å². The number of thiophene rings is 1. The van der Waals surface area contributed by atoms with E-state index in [1.54, 1.807) is 11.3 Å². The summed E-state index contributed by atoms with van der Waals surface area (Å²) in [6, 6.07) is 2.04. The molecule has 15 heavy (non-hydrogen) atoms. The molecular formula is C10H17NO2S2. The van der Waals surface area contributed by atoms with Crippen molar-refractivity contribution in [2.75, 3.05) is 18.1 Å². The molecule has 0 aliphatic carbocycles. The van der Waals surface area contributed by atoms with Crippen LogP contribution in [-0.2, 0) is 16.4 Å². The van der Waals surface area contributed by atoms with Crippen molar-refractivity contribution in [2.24, 2.45) is 0 Å². The third kappa shape index (κ3) is 5.30. The van der Waals surface area contributed by atoms with Gasteiger partial charge in [0.05, 0.1) is 5.75 Å². The fraction of sp³-hybridized carbons (Fsp3) is 0.600. The van der Waals surface area contributed by atoms with Crippen LogP contribution in [0.1, 0.15) is 18.9 Å². The van der Waals surface area contributed by atoms with E-state index in [1.807, 2.05) is 18.4 Å². The Balaban J connectivity index is 2.17. The average Bonchev–Trinajstić information content (AvgIpc) is 2.65. The van der Waals surface area contributed by atoms with Crippen LogP contribution in [0.15, 0.2) is 16.8 Å². The summed E-state index contributed by atoms with van der Waals surface area (Å²) in [6.07, 6.45) is 0.701. The summed E-state index contributed by atoms with van der Waals surface area (Å²) < 4.78 is 22.7. The summed E-state index contributed by atoms with van der Waals surface area (Å²) in [5.74, 6) is 0.540. The van der Waals surface area contributed by atoms with E-state index in [0.717, 1.165) is 6.54 Å². The van der Waals surface area contributed by atoms with E-state index in [-0.39, 0.29) is 5.75 Å². The predicted molar refractivity (Wildman–Crippen MR) is 65.0 cm³/mol. The molecular weight excluding hydrogens is 230 g/mol. The van der Waals surface area contributed by atoms with Crippen molar-refractivity contribution in [3.05, 3.63) is 22.4 Å². The Morgan fingerprint density at radius 1 is 1.40 bits per heavy atom. The van der Waals surface area contributed by atoms with Crippen LogP contribution in [0.2, 0.25) is 0 Å². The minimum Gasteiger partial charge on any atom is -0.312 e. The Bertz CT molecular complexity index is 357. The van der Waals surface area contributed by atoms with Gasteiger partial charge in [0.1, 0.15) is 0 Å². The first-order chi connectivity index (χ1) is 7.14. The summed E-state index contributed by atoms with van der Waals surface area (Å²) in [5, 5.41) is 7.21. The molecule has 0 saturated heterocycles. The van der Waals surface area contributed by atoms with Gasteiger partial charge in [-0.3, -0.25) is 0 Å². The smallest absolute Gasteiger partial charge is 0.151 e. The molecule has 0 aromatic carbocycles. The zero-order chi connectivity index (χ0) is 11.1. The Labute approximate surface area is 95.4 Å². The molecule has 0 bridgehead atoms. The first-order valence-electron chi connectivity index (χ1n) is 5.06. The van der Waals surface area contributed by atoms with Gasteiger partial charge in [0, 0.05) is 18.8 Å². The van der Waals surface area contributed by atoms with E-state index in [1.165, 1.54) is 5.56 Å².